The fraction of sp³-hybridized carbons (Fsp3) is 0.385. The first kappa shape index (κ1) is 15.5. The molecule has 0 spiro atoms. The van der Waals surface area contributed by atoms with E-state index in [1.807, 2.05) is 6.92 Å². The zero-order valence-electron chi connectivity index (χ0n) is 11.8. The summed E-state index contributed by atoms with van der Waals surface area (Å²) in [6.45, 7) is 4.38. The largest absolute Gasteiger partial charge is 0.478 e. The second-order valence-electron chi connectivity index (χ2n) is 4.86. The van der Waals surface area contributed by atoms with Gasteiger partial charge in [0.15, 0.2) is 0 Å². The molecule has 8 heteroatoms. The number of benzene rings is 1. The van der Waals surface area contributed by atoms with Crippen molar-refractivity contribution in [2.45, 2.75) is 38.1 Å². The van der Waals surface area contributed by atoms with Crippen molar-refractivity contribution in [3.8, 4) is 0 Å². The molecule has 0 aliphatic carbocycles. The smallest absolute Gasteiger partial charge is 0.335 e. The number of aromatic carboxylic acids is 1. The molecule has 0 radical (unpaired) electrons. The van der Waals surface area contributed by atoms with E-state index in [-0.39, 0.29) is 10.5 Å². The van der Waals surface area contributed by atoms with E-state index in [1.165, 1.54) is 6.07 Å². The summed E-state index contributed by atoms with van der Waals surface area (Å²) >= 11 is 0. The van der Waals surface area contributed by atoms with Crippen LogP contribution in [0.1, 0.15) is 35.9 Å². The predicted octanol–water partition coefficient (Wildman–Crippen LogP) is 1.49. The Balaban J connectivity index is 2.84. The van der Waals surface area contributed by atoms with Crippen molar-refractivity contribution in [1.29, 1.82) is 0 Å². The molecule has 1 heterocycles. The number of nitrogens with two attached hydrogens (primary N) is 1. The molecule has 0 unspecified atom stereocenters. The van der Waals surface area contributed by atoms with Gasteiger partial charge in [0.05, 0.1) is 16.6 Å². The van der Waals surface area contributed by atoms with Crippen molar-refractivity contribution in [3.05, 3.63) is 23.5 Å². The number of hydrogen-bond acceptors (Lipinski definition) is 4. The average Bonchev–Trinajstić information content (AvgIpc) is 2.69. The molecule has 0 saturated heterocycles. The summed E-state index contributed by atoms with van der Waals surface area (Å²) in [7, 11) is -4.04. The molecular weight excluding hydrogens is 294 g/mol. The number of unbranched alkanes of at least 4 members (excludes halogenated alkanes) is 1. The third-order valence-corrected chi connectivity index (χ3v) is 4.21. The predicted molar refractivity (Wildman–Crippen MR) is 77.7 cm³/mol. The van der Waals surface area contributed by atoms with E-state index >= 15 is 0 Å². The Kier molecular flexibility index (Phi) is 4.02. The summed E-state index contributed by atoms with van der Waals surface area (Å²) in [5, 5.41) is 14.3. The maximum absolute atomic E-state index is 11.8. The van der Waals surface area contributed by atoms with Crippen LogP contribution in [0.3, 0.4) is 0 Å². The van der Waals surface area contributed by atoms with Crippen molar-refractivity contribution in [1.82, 2.24) is 9.55 Å². The van der Waals surface area contributed by atoms with Gasteiger partial charge in [-0.05, 0) is 25.5 Å². The number of carboxylic acid groups (broad SMARTS) is 1. The summed E-state index contributed by atoms with van der Waals surface area (Å²) in [5.41, 5.74) is 0.549. The SMILES string of the molecule is CCCCn1c(C)nc2cc(C(=O)O)cc(S(N)(=O)=O)c21. The number of primary sulfonamides is 1. The summed E-state index contributed by atoms with van der Waals surface area (Å²) in [6, 6.07) is 2.45. The molecule has 7 nitrogen and oxygen atoms in total. The molecular formula is C13H17N3O4S. The average molecular weight is 311 g/mol. The monoisotopic (exact) mass is 311 g/mol. The number of rotatable bonds is 5. The van der Waals surface area contributed by atoms with E-state index in [4.69, 9.17) is 10.2 Å². The Bertz CT molecular complexity index is 808. The molecule has 3 N–H and O–H groups in total. The Labute approximate surface area is 122 Å². The molecule has 0 aliphatic heterocycles. The zero-order chi connectivity index (χ0) is 15.8. The molecule has 0 atom stereocenters. The first-order valence-corrected chi connectivity index (χ1v) is 8.07. The fourth-order valence-corrected chi connectivity index (χ4v) is 3.05. The topological polar surface area (TPSA) is 115 Å². The number of aryl methyl sites for hydroxylation is 2. The highest BCUT2D eigenvalue weighted by molar-refractivity contribution is 7.89. The Morgan fingerprint density at radius 3 is 2.62 bits per heavy atom. The number of aromatic nitrogens is 2. The van der Waals surface area contributed by atoms with Crippen LogP contribution in [0, 0.1) is 6.92 Å². The van der Waals surface area contributed by atoms with Gasteiger partial charge in [0.2, 0.25) is 10.0 Å². The van der Waals surface area contributed by atoms with Crippen molar-refractivity contribution in [2.24, 2.45) is 5.14 Å². The minimum absolute atomic E-state index is 0.147. The van der Waals surface area contributed by atoms with Crippen molar-refractivity contribution in [2.75, 3.05) is 0 Å². The summed E-state index contributed by atoms with van der Waals surface area (Å²) in [5.74, 6) is -0.589. The lowest BCUT2D eigenvalue weighted by Crippen LogP contribution is -2.15. The number of imidazole rings is 1. The summed E-state index contributed by atoms with van der Waals surface area (Å²) in [6.07, 6.45) is 1.80. The highest BCUT2D eigenvalue weighted by Crippen LogP contribution is 2.26. The van der Waals surface area contributed by atoms with Gasteiger partial charge in [0.25, 0.3) is 0 Å². The van der Waals surface area contributed by atoms with Crippen LogP contribution < -0.4 is 5.14 Å². The lowest BCUT2D eigenvalue weighted by molar-refractivity contribution is 0.0697. The van der Waals surface area contributed by atoms with Crippen molar-refractivity contribution >= 4 is 27.0 Å². The van der Waals surface area contributed by atoms with Crippen LogP contribution in [0.2, 0.25) is 0 Å². The molecule has 0 aliphatic rings. The third kappa shape index (κ3) is 2.91. The zero-order valence-corrected chi connectivity index (χ0v) is 12.6. The minimum atomic E-state index is -4.04. The highest BCUT2D eigenvalue weighted by atomic mass is 32.2. The summed E-state index contributed by atoms with van der Waals surface area (Å²) < 4.78 is 25.4. The van der Waals surface area contributed by atoms with E-state index in [0.717, 1.165) is 18.9 Å². The Morgan fingerprint density at radius 2 is 2.10 bits per heavy atom. The first-order valence-electron chi connectivity index (χ1n) is 6.52. The molecule has 0 saturated carbocycles. The fourth-order valence-electron chi connectivity index (χ4n) is 2.28. The molecule has 0 fully saturated rings. The van der Waals surface area contributed by atoms with E-state index < -0.39 is 16.0 Å². The van der Waals surface area contributed by atoms with Gasteiger partial charge < -0.3 is 9.67 Å². The van der Waals surface area contributed by atoms with Gasteiger partial charge in [-0.25, -0.2) is 23.3 Å². The molecule has 1 aromatic heterocycles. The second kappa shape index (κ2) is 5.45. The minimum Gasteiger partial charge on any atom is -0.478 e. The van der Waals surface area contributed by atoms with Crippen LogP contribution >= 0.6 is 0 Å². The van der Waals surface area contributed by atoms with Crippen LogP contribution in [0.15, 0.2) is 17.0 Å². The standard InChI is InChI=1S/C13H17N3O4S/c1-3-4-5-16-8(2)15-10-6-9(13(17)18)7-11(12(10)16)21(14,19)20/h6-7H,3-5H2,1-2H3,(H,17,18)(H2,14,19,20). The van der Waals surface area contributed by atoms with E-state index in [1.54, 1.807) is 11.5 Å². The normalized spacial score (nSPS) is 12.0. The Morgan fingerprint density at radius 1 is 1.43 bits per heavy atom. The lowest BCUT2D eigenvalue weighted by atomic mass is 10.2. The Hall–Kier alpha value is -1.93. The molecule has 0 amide bonds. The van der Waals surface area contributed by atoms with Crippen LogP contribution in [-0.4, -0.2) is 29.0 Å². The van der Waals surface area contributed by atoms with E-state index in [0.29, 0.717) is 23.4 Å². The van der Waals surface area contributed by atoms with Gasteiger partial charge in [-0.3, -0.25) is 0 Å². The molecule has 114 valence electrons. The quantitative estimate of drug-likeness (QED) is 0.868. The molecule has 2 aromatic rings. The number of fused-ring (bicyclic) bond motifs is 1. The molecule has 0 bridgehead atoms. The highest BCUT2D eigenvalue weighted by Gasteiger charge is 2.21. The molecule has 21 heavy (non-hydrogen) atoms. The number of nitrogens with zero attached hydrogens (tertiary/aromatic N) is 2. The number of hydrogen-bond donors (Lipinski definition) is 2. The summed E-state index contributed by atoms with van der Waals surface area (Å²) in [4.78, 5) is 15.2. The van der Waals surface area contributed by atoms with Gasteiger partial charge in [0.1, 0.15) is 10.7 Å². The third-order valence-electron chi connectivity index (χ3n) is 3.29. The number of carbonyl (C=O) groups is 1. The van der Waals surface area contributed by atoms with Crippen molar-refractivity contribution < 1.29 is 18.3 Å². The van der Waals surface area contributed by atoms with Crippen LogP contribution in [0.5, 0.6) is 0 Å². The van der Waals surface area contributed by atoms with Crippen LogP contribution in [-0.2, 0) is 16.6 Å². The lowest BCUT2D eigenvalue weighted by Gasteiger charge is -2.09. The van der Waals surface area contributed by atoms with Gasteiger partial charge in [-0.15, -0.1) is 0 Å². The maximum atomic E-state index is 11.8. The van der Waals surface area contributed by atoms with Gasteiger partial charge in [0, 0.05) is 6.54 Å². The number of carboxylic acids is 1. The van der Waals surface area contributed by atoms with Gasteiger partial charge in [-0.2, -0.15) is 0 Å². The van der Waals surface area contributed by atoms with E-state index in [9.17, 15) is 13.2 Å². The number of sulfonamides is 1. The molecule has 2 rings (SSSR count). The first-order chi connectivity index (χ1) is 9.75. The van der Waals surface area contributed by atoms with Gasteiger partial charge in [-0.1, -0.05) is 13.3 Å². The van der Waals surface area contributed by atoms with E-state index in [2.05, 4.69) is 4.98 Å². The van der Waals surface area contributed by atoms with Crippen molar-refractivity contribution in [3.63, 3.8) is 0 Å². The maximum Gasteiger partial charge on any atom is 0.335 e. The molecule has 1 aromatic carbocycles. The van der Waals surface area contributed by atoms with Crippen LogP contribution in [0.25, 0.3) is 11.0 Å². The van der Waals surface area contributed by atoms with Gasteiger partial charge >= 0.3 is 5.97 Å². The second-order valence-corrected chi connectivity index (χ2v) is 6.39. The van der Waals surface area contributed by atoms with Crippen LogP contribution in [0.4, 0.5) is 0 Å².